The molecule has 7 nitrogen and oxygen atoms in total. The quantitative estimate of drug-likeness (QED) is 0.699. The van der Waals surface area contributed by atoms with Crippen LogP contribution in [0.1, 0.15) is 17.3 Å². The zero-order valence-electron chi connectivity index (χ0n) is 13.7. The number of hydrogen-bond acceptors (Lipinski definition) is 4. The molecule has 0 heterocycles. The van der Waals surface area contributed by atoms with Crippen LogP contribution in [0.4, 0.5) is 11.4 Å². The lowest BCUT2D eigenvalue weighted by molar-refractivity contribution is -0.114. The van der Waals surface area contributed by atoms with Crippen molar-refractivity contribution < 1.29 is 18.0 Å². The molecular formula is C17H19N3O4S. The number of anilines is 2. The summed E-state index contributed by atoms with van der Waals surface area (Å²) in [4.78, 5) is 23.1. The van der Waals surface area contributed by atoms with Crippen LogP contribution in [0, 0.1) is 0 Å². The van der Waals surface area contributed by atoms with E-state index in [1.54, 1.807) is 48.5 Å². The van der Waals surface area contributed by atoms with Crippen molar-refractivity contribution >= 4 is 33.2 Å². The number of carbonyl (C=O) groups is 2. The first-order valence-electron chi connectivity index (χ1n) is 7.57. The monoisotopic (exact) mass is 361 g/mol. The van der Waals surface area contributed by atoms with E-state index < -0.39 is 15.9 Å². The Kier molecular flexibility index (Phi) is 6.13. The third-order valence-corrected chi connectivity index (χ3v) is 4.44. The number of rotatable bonds is 7. The molecule has 0 unspecified atom stereocenters. The maximum atomic E-state index is 12.1. The lowest BCUT2D eigenvalue weighted by atomic mass is 10.2. The molecule has 3 N–H and O–H groups in total. The summed E-state index contributed by atoms with van der Waals surface area (Å²) >= 11 is 0. The Morgan fingerprint density at radius 1 is 0.960 bits per heavy atom. The fourth-order valence-corrected chi connectivity index (χ4v) is 3.05. The summed E-state index contributed by atoms with van der Waals surface area (Å²) in [7, 11) is -3.56. The topological polar surface area (TPSA) is 104 Å². The summed E-state index contributed by atoms with van der Waals surface area (Å²) in [5.74, 6) is -0.906. The SMILES string of the molecule is CC(=O)Nc1cccc(C(=O)NCCS(=O)(=O)Nc2ccccc2)c1. The Hall–Kier alpha value is -2.87. The van der Waals surface area contributed by atoms with Crippen molar-refractivity contribution in [3.05, 3.63) is 60.2 Å². The molecule has 0 aliphatic rings. The van der Waals surface area contributed by atoms with E-state index in [4.69, 9.17) is 0 Å². The smallest absolute Gasteiger partial charge is 0.251 e. The van der Waals surface area contributed by atoms with E-state index in [1.165, 1.54) is 13.0 Å². The maximum Gasteiger partial charge on any atom is 0.251 e. The third kappa shape index (κ3) is 6.27. The predicted octanol–water partition coefficient (Wildman–Crippen LogP) is 1.82. The van der Waals surface area contributed by atoms with Crippen molar-refractivity contribution in [2.45, 2.75) is 6.92 Å². The molecule has 2 aromatic carbocycles. The van der Waals surface area contributed by atoms with Gasteiger partial charge in [0.05, 0.1) is 5.75 Å². The summed E-state index contributed by atoms with van der Waals surface area (Å²) in [6.07, 6.45) is 0. The fourth-order valence-electron chi connectivity index (χ4n) is 2.08. The number of nitrogens with one attached hydrogen (secondary N) is 3. The maximum absolute atomic E-state index is 12.1. The molecule has 0 saturated heterocycles. The number of sulfonamides is 1. The van der Waals surface area contributed by atoms with E-state index in [-0.39, 0.29) is 18.2 Å². The molecule has 0 aromatic heterocycles. The van der Waals surface area contributed by atoms with Gasteiger partial charge in [-0.2, -0.15) is 0 Å². The van der Waals surface area contributed by atoms with Crippen LogP contribution in [0.25, 0.3) is 0 Å². The summed E-state index contributed by atoms with van der Waals surface area (Å²) in [5.41, 5.74) is 1.30. The first-order valence-corrected chi connectivity index (χ1v) is 9.22. The molecule has 0 fully saturated rings. The predicted molar refractivity (Wildman–Crippen MR) is 96.9 cm³/mol. The molecule has 0 aliphatic heterocycles. The summed E-state index contributed by atoms with van der Waals surface area (Å²) in [6, 6.07) is 14.9. The van der Waals surface area contributed by atoms with Crippen LogP contribution in [0.15, 0.2) is 54.6 Å². The minimum absolute atomic E-state index is 0.0363. The Morgan fingerprint density at radius 3 is 2.32 bits per heavy atom. The number of hydrogen-bond donors (Lipinski definition) is 3. The van der Waals surface area contributed by atoms with Gasteiger partial charge in [-0.25, -0.2) is 8.42 Å². The van der Waals surface area contributed by atoms with E-state index in [0.29, 0.717) is 16.9 Å². The van der Waals surface area contributed by atoms with Gasteiger partial charge in [-0.05, 0) is 30.3 Å². The summed E-state index contributed by atoms with van der Waals surface area (Å²) in [6.45, 7) is 1.34. The first-order chi connectivity index (χ1) is 11.9. The van der Waals surface area contributed by atoms with Crippen molar-refractivity contribution in [2.24, 2.45) is 0 Å². The highest BCUT2D eigenvalue weighted by molar-refractivity contribution is 7.92. The number of amides is 2. The molecule has 0 aliphatic carbocycles. The van der Waals surface area contributed by atoms with Crippen molar-refractivity contribution in [3.63, 3.8) is 0 Å². The van der Waals surface area contributed by atoms with Crippen LogP contribution < -0.4 is 15.4 Å². The van der Waals surface area contributed by atoms with E-state index in [9.17, 15) is 18.0 Å². The first kappa shape index (κ1) is 18.5. The average Bonchev–Trinajstić information content (AvgIpc) is 2.54. The normalized spacial score (nSPS) is 10.8. The second kappa shape index (κ2) is 8.29. The Morgan fingerprint density at radius 2 is 1.64 bits per heavy atom. The second-order valence-corrected chi connectivity index (χ2v) is 7.15. The lowest BCUT2D eigenvalue weighted by Crippen LogP contribution is -2.31. The van der Waals surface area contributed by atoms with Crippen molar-refractivity contribution in [2.75, 3.05) is 22.3 Å². The number of carbonyl (C=O) groups excluding carboxylic acids is 2. The van der Waals surface area contributed by atoms with Crippen LogP contribution in [0.5, 0.6) is 0 Å². The van der Waals surface area contributed by atoms with E-state index in [2.05, 4.69) is 15.4 Å². The third-order valence-electron chi connectivity index (χ3n) is 3.15. The lowest BCUT2D eigenvalue weighted by Gasteiger charge is -2.09. The molecular weight excluding hydrogens is 342 g/mol. The van der Waals surface area contributed by atoms with Gasteiger partial charge in [0, 0.05) is 30.4 Å². The van der Waals surface area contributed by atoms with E-state index in [1.807, 2.05) is 0 Å². The van der Waals surface area contributed by atoms with Gasteiger partial charge in [0.25, 0.3) is 5.91 Å². The van der Waals surface area contributed by atoms with Crippen LogP contribution in [0.3, 0.4) is 0 Å². The number of para-hydroxylation sites is 1. The molecule has 2 rings (SSSR count). The van der Waals surface area contributed by atoms with Crippen molar-refractivity contribution in [1.82, 2.24) is 5.32 Å². The van der Waals surface area contributed by atoms with Gasteiger partial charge in [0.1, 0.15) is 0 Å². The van der Waals surface area contributed by atoms with Gasteiger partial charge >= 0.3 is 0 Å². The molecule has 8 heteroatoms. The molecule has 2 amide bonds. The largest absolute Gasteiger partial charge is 0.351 e. The zero-order chi connectivity index (χ0) is 18.3. The molecule has 0 bridgehead atoms. The Bertz CT molecular complexity index is 851. The van der Waals surface area contributed by atoms with Crippen LogP contribution >= 0.6 is 0 Å². The zero-order valence-corrected chi connectivity index (χ0v) is 14.5. The fraction of sp³-hybridized carbons (Fsp3) is 0.176. The van der Waals surface area contributed by atoms with Gasteiger partial charge in [0.15, 0.2) is 0 Å². The Balaban J connectivity index is 1.88. The summed E-state index contributed by atoms with van der Waals surface area (Å²) in [5, 5.41) is 5.13. The number of benzene rings is 2. The van der Waals surface area contributed by atoms with Crippen LogP contribution in [-0.4, -0.2) is 32.5 Å². The van der Waals surface area contributed by atoms with E-state index in [0.717, 1.165) is 0 Å². The van der Waals surface area contributed by atoms with Gasteiger partial charge in [-0.3, -0.25) is 14.3 Å². The molecule has 0 spiro atoms. The van der Waals surface area contributed by atoms with Gasteiger partial charge in [-0.1, -0.05) is 24.3 Å². The summed E-state index contributed by atoms with van der Waals surface area (Å²) < 4.78 is 26.4. The molecule has 0 saturated carbocycles. The highest BCUT2D eigenvalue weighted by atomic mass is 32.2. The molecule has 132 valence electrons. The van der Waals surface area contributed by atoms with Crippen molar-refractivity contribution in [1.29, 1.82) is 0 Å². The van der Waals surface area contributed by atoms with Gasteiger partial charge in [0.2, 0.25) is 15.9 Å². The highest BCUT2D eigenvalue weighted by Crippen LogP contribution is 2.11. The van der Waals surface area contributed by atoms with Crippen molar-refractivity contribution in [3.8, 4) is 0 Å². The minimum atomic E-state index is -3.56. The van der Waals surface area contributed by atoms with Crippen LogP contribution in [0.2, 0.25) is 0 Å². The van der Waals surface area contributed by atoms with Gasteiger partial charge < -0.3 is 10.6 Å². The molecule has 2 aromatic rings. The molecule has 0 radical (unpaired) electrons. The van der Waals surface area contributed by atoms with Crippen LogP contribution in [-0.2, 0) is 14.8 Å². The van der Waals surface area contributed by atoms with Gasteiger partial charge in [-0.15, -0.1) is 0 Å². The average molecular weight is 361 g/mol. The molecule has 0 atom stereocenters. The molecule has 25 heavy (non-hydrogen) atoms. The standard InChI is InChI=1S/C17H19N3O4S/c1-13(21)19-16-9-5-6-14(12-16)17(22)18-10-11-25(23,24)20-15-7-3-2-4-8-15/h2-9,12,20H,10-11H2,1H3,(H,18,22)(H,19,21). The minimum Gasteiger partial charge on any atom is -0.351 e. The Labute approximate surface area is 146 Å². The highest BCUT2D eigenvalue weighted by Gasteiger charge is 2.12. The second-order valence-electron chi connectivity index (χ2n) is 5.30. The van der Waals surface area contributed by atoms with E-state index >= 15 is 0 Å².